The molecule has 1 unspecified atom stereocenters. The van der Waals surface area contributed by atoms with Crippen LogP contribution in [0, 0.1) is 18.7 Å². The minimum Gasteiger partial charge on any atom is -0.496 e. The van der Waals surface area contributed by atoms with Crippen LogP contribution in [0.5, 0.6) is 5.75 Å². The third kappa shape index (κ3) is 6.67. The Morgan fingerprint density at radius 1 is 1.13 bits per heavy atom. The van der Waals surface area contributed by atoms with E-state index in [0.29, 0.717) is 51.9 Å². The number of amides is 4. The van der Waals surface area contributed by atoms with Gasteiger partial charge in [-0.15, -0.1) is 0 Å². The first-order valence-corrected chi connectivity index (χ1v) is 15.0. The lowest BCUT2D eigenvalue weighted by Crippen LogP contribution is -2.56. The molecule has 2 heterocycles. The molecule has 3 atom stereocenters. The maximum Gasteiger partial charge on any atom is 0.323 e. The topological polar surface area (TPSA) is 118 Å². The molecule has 0 radical (unpaired) electrons. The summed E-state index contributed by atoms with van der Waals surface area (Å²) in [6.45, 7) is 3.09. The van der Waals surface area contributed by atoms with E-state index in [1.54, 1.807) is 25.3 Å². The number of methoxy groups -OCH3 is 2. The summed E-state index contributed by atoms with van der Waals surface area (Å²) in [5.41, 5.74) is 4.20. The predicted octanol–water partition coefficient (Wildman–Crippen LogP) is 4.76. The molecule has 2 aliphatic heterocycles. The van der Waals surface area contributed by atoms with Crippen LogP contribution in [0.15, 0.2) is 48.5 Å². The number of imide groups is 1. The zero-order valence-electron chi connectivity index (χ0n) is 25.5. The molecule has 0 spiro atoms. The van der Waals surface area contributed by atoms with Crippen molar-refractivity contribution < 1.29 is 33.0 Å². The molecule has 4 amide bonds. The molecule has 5 rings (SSSR count). The van der Waals surface area contributed by atoms with E-state index in [9.17, 15) is 14.4 Å². The zero-order valence-corrected chi connectivity index (χ0v) is 26.3. The normalized spacial score (nSPS) is 20.1. The molecule has 238 valence electrons. The summed E-state index contributed by atoms with van der Waals surface area (Å²) in [7, 11) is 4.46. The number of benzene rings is 3. The highest BCUT2D eigenvalue weighted by molar-refractivity contribution is 6.36. The van der Waals surface area contributed by atoms with E-state index < -0.39 is 29.6 Å². The summed E-state index contributed by atoms with van der Waals surface area (Å²) >= 11 is 6.98. The fourth-order valence-corrected chi connectivity index (χ4v) is 6.05. The SMILES string of the molecule is COc1cc(-c2cccc(-c3cccc(NC(=O)C4CNC(=O)N(C)C4=O)c3C)c2Cl)cc(F)c1CN[C@H]1CCOC[C@H]1OC. The molecule has 0 aromatic heterocycles. The fraction of sp³-hybridized carbons (Fsp3) is 0.364. The van der Waals surface area contributed by atoms with Gasteiger partial charge < -0.3 is 30.2 Å². The number of rotatable bonds is 9. The van der Waals surface area contributed by atoms with Crippen LogP contribution in [0.4, 0.5) is 14.9 Å². The van der Waals surface area contributed by atoms with E-state index >= 15 is 4.39 Å². The van der Waals surface area contributed by atoms with Crippen molar-refractivity contribution in [1.82, 2.24) is 15.5 Å². The van der Waals surface area contributed by atoms with Crippen molar-refractivity contribution in [3.8, 4) is 28.0 Å². The van der Waals surface area contributed by atoms with E-state index in [1.807, 2.05) is 31.2 Å². The van der Waals surface area contributed by atoms with E-state index in [0.717, 1.165) is 22.4 Å². The van der Waals surface area contributed by atoms with Crippen LogP contribution in [0.25, 0.3) is 22.3 Å². The summed E-state index contributed by atoms with van der Waals surface area (Å²) in [6, 6.07) is 13.5. The summed E-state index contributed by atoms with van der Waals surface area (Å²) < 4.78 is 32.2. The van der Waals surface area contributed by atoms with Gasteiger partial charge in [0.1, 0.15) is 17.5 Å². The van der Waals surface area contributed by atoms with Gasteiger partial charge in [0, 0.05) is 62.3 Å². The van der Waals surface area contributed by atoms with Crippen molar-refractivity contribution in [2.24, 2.45) is 5.92 Å². The summed E-state index contributed by atoms with van der Waals surface area (Å²) in [5.74, 6) is -2.20. The van der Waals surface area contributed by atoms with Gasteiger partial charge in [-0.25, -0.2) is 9.18 Å². The third-order valence-electron chi connectivity index (χ3n) is 8.42. The average Bonchev–Trinajstić information content (AvgIpc) is 3.04. The van der Waals surface area contributed by atoms with Gasteiger partial charge in [0.05, 0.1) is 24.8 Å². The molecular weight excluding hydrogens is 603 g/mol. The van der Waals surface area contributed by atoms with Gasteiger partial charge >= 0.3 is 6.03 Å². The molecule has 3 N–H and O–H groups in total. The lowest BCUT2D eigenvalue weighted by molar-refractivity contribution is -0.138. The number of hydrogen-bond donors (Lipinski definition) is 3. The van der Waals surface area contributed by atoms with Crippen molar-refractivity contribution in [3.63, 3.8) is 0 Å². The lowest BCUT2D eigenvalue weighted by Gasteiger charge is -2.31. The van der Waals surface area contributed by atoms with Crippen LogP contribution in [0.3, 0.4) is 0 Å². The maximum atomic E-state index is 15.6. The number of ether oxygens (including phenoxy) is 3. The number of carbonyl (C=O) groups excluding carboxylic acids is 3. The van der Waals surface area contributed by atoms with E-state index in [4.69, 9.17) is 25.8 Å². The van der Waals surface area contributed by atoms with Crippen LogP contribution in [0.2, 0.25) is 5.02 Å². The standard InChI is InChI=1S/C33H36ClFN4O6/c1-18-20(7-6-10-26(18)38-31(40)24-16-37-33(42)39(2)32(24)41)22-9-5-8-21(30(22)34)19-13-25(35)23(28(14-19)43-3)15-36-27-11-12-45-17-29(27)44-4/h5-10,13-14,24,27,29,36H,11-12,15-17H2,1-4H3,(H,37,42)(H,38,40)/t24?,27-,29+/m0/s1. The molecular formula is C33H36ClFN4O6. The number of anilines is 1. The van der Waals surface area contributed by atoms with E-state index in [2.05, 4.69) is 16.0 Å². The smallest absolute Gasteiger partial charge is 0.323 e. The molecule has 0 aliphatic carbocycles. The van der Waals surface area contributed by atoms with Gasteiger partial charge in [-0.2, -0.15) is 0 Å². The Morgan fingerprint density at radius 3 is 2.62 bits per heavy atom. The maximum absolute atomic E-state index is 15.6. The van der Waals surface area contributed by atoms with Gasteiger partial charge in [0.25, 0.3) is 0 Å². The Kier molecular flexibility index (Phi) is 10.0. The van der Waals surface area contributed by atoms with Crippen LogP contribution >= 0.6 is 11.6 Å². The molecule has 2 saturated heterocycles. The summed E-state index contributed by atoms with van der Waals surface area (Å²) in [5, 5.41) is 9.15. The van der Waals surface area contributed by atoms with Crippen LogP contribution in [0.1, 0.15) is 17.5 Å². The van der Waals surface area contributed by atoms with Gasteiger partial charge in [-0.05, 0) is 48.2 Å². The molecule has 3 aromatic carbocycles. The van der Waals surface area contributed by atoms with Crippen molar-refractivity contribution in [2.75, 3.05) is 46.3 Å². The third-order valence-corrected chi connectivity index (χ3v) is 8.83. The molecule has 2 aliphatic rings. The van der Waals surface area contributed by atoms with Crippen LogP contribution < -0.4 is 20.7 Å². The first kappa shape index (κ1) is 32.4. The Morgan fingerprint density at radius 2 is 1.87 bits per heavy atom. The average molecular weight is 639 g/mol. The van der Waals surface area contributed by atoms with Crippen molar-refractivity contribution in [2.45, 2.75) is 32.0 Å². The number of urea groups is 1. The second-order valence-corrected chi connectivity index (χ2v) is 11.4. The molecule has 10 nitrogen and oxygen atoms in total. The van der Waals surface area contributed by atoms with Crippen molar-refractivity contribution >= 4 is 35.1 Å². The molecule has 0 bridgehead atoms. The van der Waals surface area contributed by atoms with E-state index in [-0.39, 0.29) is 25.2 Å². The monoisotopic (exact) mass is 638 g/mol. The summed E-state index contributed by atoms with van der Waals surface area (Å²) in [6.07, 6.45) is 0.629. The lowest BCUT2D eigenvalue weighted by atomic mass is 9.94. The number of nitrogens with one attached hydrogen (secondary N) is 3. The molecule has 45 heavy (non-hydrogen) atoms. The van der Waals surface area contributed by atoms with Crippen LogP contribution in [-0.2, 0) is 25.6 Å². The van der Waals surface area contributed by atoms with Gasteiger partial charge in [0.2, 0.25) is 11.8 Å². The largest absolute Gasteiger partial charge is 0.496 e. The first-order valence-electron chi connectivity index (χ1n) is 14.6. The fourth-order valence-electron chi connectivity index (χ4n) is 5.71. The highest BCUT2D eigenvalue weighted by atomic mass is 35.5. The van der Waals surface area contributed by atoms with Crippen molar-refractivity contribution in [3.05, 3.63) is 70.5 Å². The highest BCUT2D eigenvalue weighted by Crippen LogP contribution is 2.41. The second-order valence-electron chi connectivity index (χ2n) is 11.0. The zero-order chi connectivity index (χ0) is 32.2. The van der Waals surface area contributed by atoms with Gasteiger partial charge in [-0.3, -0.25) is 14.5 Å². The molecule has 12 heteroatoms. The Balaban J connectivity index is 1.40. The summed E-state index contributed by atoms with van der Waals surface area (Å²) in [4.78, 5) is 38.2. The number of halogens is 2. The number of hydrogen-bond acceptors (Lipinski definition) is 7. The van der Waals surface area contributed by atoms with Gasteiger partial charge in [-0.1, -0.05) is 41.9 Å². The first-order chi connectivity index (χ1) is 21.6. The minimum absolute atomic E-state index is 0.0211. The quantitative estimate of drug-likeness (QED) is 0.289. The van der Waals surface area contributed by atoms with Crippen molar-refractivity contribution in [1.29, 1.82) is 0 Å². The Labute approximate surface area is 266 Å². The second kappa shape index (κ2) is 13.9. The Hall–Kier alpha value is -4.03. The molecule has 0 saturated carbocycles. The number of nitrogens with zero attached hydrogens (tertiary/aromatic N) is 1. The minimum atomic E-state index is -1.05. The number of carbonyl (C=O) groups is 3. The van der Waals surface area contributed by atoms with Crippen LogP contribution in [-0.4, -0.2) is 75.9 Å². The highest BCUT2D eigenvalue weighted by Gasteiger charge is 2.36. The predicted molar refractivity (Wildman–Crippen MR) is 169 cm³/mol. The molecule has 2 fully saturated rings. The Bertz CT molecular complexity index is 1620. The van der Waals surface area contributed by atoms with E-state index in [1.165, 1.54) is 20.2 Å². The van der Waals surface area contributed by atoms with Gasteiger partial charge in [0.15, 0.2) is 0 Å². The molecule has 3 aromatic rings.